The largest absolute Gasteiger partial charge is 1.00 e. The number of likely N-dealkylation sites (tertiary alicyclic amines) is 2. The summed E-state index contributed by atoms with van der Waals surface area (Å²) in [6.45, 7) is 2.04. The Balaban J connectivity index is 0.00000112. The first-order valence-electron chi connectivity index (χ1n) is 4.77. The molecule has 0 aromatic heterocycles. The molecule has 1 unspecified atom stereocenters. The van der Waals surface area contributed by atoms with Crippen molar-refractivity contribution in [2.24, 2.45) is 5.92 Å². The number of aliphatic carboxylic acids is 1. The van der Waals surface area contributed by atoms with Crippen LogP contribution in [0.4, 0.5) is 0 Å². The average Bonchev–Trinajstić information content (AvgIpc) is 2.42. The van der Waals surface area contributed by atoms with E-state index in [-0.39, 0.29) is 37.2 Å². The molecule has 2 aliphatic rings. The van der Waals surface area contributed by atoms with Gasteiger partial charge in [-0.1, -0.05) is 0 Å². The van der Waals surface area contributed by atoms with Gasteiger partial charge in [0.15, 0.2) is 0 Å². The molecule has 15 heavy (non-hydrogen) atoms. The first kappa shape index (κ1) is 12.6. The summed E-state index contributed by atoms with van der Waals surface area (Å²) in [4.78, 5) is 25.8. The van der Waals surface area contributed by atoms with Gasteiger partial charge >= 0.3 is 18.9 Å². The number of hydrogen-bond acceptors (Lipinski definition) is 4. The van der Waals surface area contributed by atoms with E-state index in [0.717, 1.165) is 13.1 Å². The number of nitrogens with zero attached hydrogens (tertiary/aromatic N) is 2. The van der Waals surface area contributed by atoms with Gasteiger partial charge < -0.3 is 19.7 Å². The van der Waals surface area contributed by atoms with Gasteiger partial charge in [0, 0.05) is 37.9 Å². The van der Waals surface area contributed by atoms with E-state index in [1.807, 2.05) is 7.05 Å². The Hall–Kier alpha value is -0.503. The van der Waals surface area contributed by atoms with E-state index >= 15 is 0 Å². The molecule has 0 aliphatic carbocycles. The van der Waals surface area contributed by atoms with Crippen molar-refractivity contribution in [1.82, 2.24) is 9.80 Å². The first-order chi connectivity index (χ1) is 6.58. The van der Waals surface area contributed by atoms with Gasteiger partial charge in [0.25, 0.3) is 0 Å². The van der Waals surface area contributed by atoms with Crippen molar-refractivity contribution in [3.63, 3.8) is 0 Å². The monoisotopic (exact) mass is 204 g/mol. The molecule has 0 spiro atoms. The number of carbonyl (C=O) groups is 2. The molecule has 2 saturated heterocycles. The van der Waals surface area contributed by atoms with Crippen LogP contribution in [0.1, 0.15) is 6.42 Å². The number of amides is 1. The van der Waals surface area contributed by atoms with Crippen LogP contribution in [-0.4, -0.2) is 54.4 Å². The van der Waals surface area contributed by atoms with Crippen LogP contribution in [0.15, 0.2) is 0 Å². The Bertz CT molecular complexity index is 279. The third-order valence-electron chi connectivity index (χ3n) is 2.98. The fourth-order valence-corrected chi connectivity index (χ4v) is 2.11. The van der Waals surface area contributed by atoms with Gasteiger partial charge in [-0.2, -0.15) is 0 Å². The summed E-state index contributed by atoms with van der Waals surface area (Å²) in [5.41, 5.74) is 0. The number of hydrogen-bond donors (Lipinski definition) is 0. The molecule has 5 nitrogen and oxygen atoms in total. The molecule has 0 bridgehead atoms. The van der Waals surface area contributed by atoms with Crippen LogP contribution in [0.5, 0.6) is 0 Å². The predicted molar refractivity (Wildman–Crippen MR) is 46.1 cm³/mol. The Morgan fingerprint density at radius 1 is 1.40 bits per heavy atom. The molecule has 0 radical (unpaired) electrons. The van der Waals surface area contributed by atoms with Crippen molar-refractivity contribution in [3.8, 4) is 0 Å². The van der Waals surface area contributed by atoms with E-state index in [2.05, 4.69) is 4.90 Å². The second kappa shape index (κ2) is 4.56. The maximum Gasteiger partial charge on any atom is 1.00 e. The Morgan fingerprint density at radius 3 is 2.40 bits per heavy atom. The zero-order valence-corrected chi connectivity index (χ0v) is 9.10. The van der Waals surface area contributed by atoms with Gasteiger partial charge in [-0.3, -0.25) is 4.79 Å². The number of carboxylic acids is 1. The van der Waals surface area contributed by atoms with E-state index in [4.69, 9.17) is 0 Å². The van der Waals surface area contributed by atoms with E-state index in [1.54, 1.807) is 4.90 Å². The number of carboxylic acid groups (broad SMARTS) is 1. The second-order valence-electron chi connectivity index (χ2n) is 4.14. The summed E-state index contributed by atoms with van der Waals surface area (Å²) < 4.78 is 0. The summed E-state index contributed by atoms with van der Waals surface area (Å²) in [5, 5.41) is 10.6. The summed E-state index contributed by atoms with van der Waals surface area (Å²) >= 11 is 0. The molecule has 2 rings (SSSR count). The fraction of sp³-hybridized carbons (Fsp3) is 0.778. The second-order valence-corrected chi connectivity index (χ2v) is 4.14. The van der Waals surface area contributed by atoms with Gasteiger partial charge in [-0.25, -0.2) is 0 Å². The minimum absolute atomic E-state index is 0. The van der Waals surface area contributed by atoms with Crippen molar-refractivity contribution in [1.29, 1.82) is 0 Å². The number of likely N-dealkylation sites (N-methyl/N-ethyl adjacent to an activating group) is 1. The maximum absolute atomic E-state index is 11.4. The van der Waals surface area contributed by atoms with Gasteiger partial charge in [0.1, 0.15) is 0 Å². The van der Waals surface area contributed by atoms with Crippen LogP contribution in [0.25, 0.3) is 0 Å². The van der Waals surface area contributed by atoms with E-state index in [9.17, 15) is 14.7 Å². The minimum Gasteiger partial charge on any atom is -0.550 e. The summed E-state index contributed by atoms with van der Waals surface area (Å²) in [7, 11) is 1.98. The third kappa shape index (κ3) is 2.36. The molecule has 1 atom stereocenters. The quantitative estimate of drug-likeness (QED) is 0.422. The smallest absolute Gasteiger partial charge is 0.550 e. The van der Waals surface area contributed by atoms with Crippen LogP contribution < -0.4 is 24.0 Å². The average molecular weight is 204 g/mol. The van der Waals surface area contributed by atoms with Gasteiger partial charge in [0.05, 0.1) is 6.04 Å². The molecule has 0 aromatic rings. The molecule has 0 N–H and O–H groups in total. The Labute approximate surface area is 101 Å². The molecule has 0 saturated carbocycles. The summed E-state index contributed by atoms with van der Waals surface area (Å²) in [6.07, 6.45) is 0.114. The van der Waals surface area contributed by atoms with E-state index in [1.165, 1.54) is 0 Å². The molecule has 2 heterocycles. The standard InChI is InChI=1S/C9H14N2O3.Li/c1-10-4-7(5-10)11-3-6(9(13)14)2-8(11)12;/h6-7H,2-5H2,1H3,(H,13,14);/q;+1/p-1. The van der Waals surface area contributed by atoms with Gasteiger partial charge in [0.2, 0.25) is 5.91 Å². The first-order valence-corrected chi connectivity index (χ1v) is 4.77. The number of carbonyl (C=O) groups excluding carboxylic acids is 2. The van der Waals surface area contributed by atoms with Crippen molar-refractivity contribution in [2.75, 3.05) is 26.7 Å². The van der Waals surface area contributed by atoms with Crippen LogP contribution in [-0.2, 0) is 9.59 Å². The minimum atomic E-state index is -1.10. The predicted octanol–water partition coefficient (Wildman–Crippen LogP) is -5.10. The molecule has 1 amide bonds. The van der Waals surface area contributed by atoms with Gasteiger partial charge in [-0.15, -0.1) is 0 Å². The molecule has 0 aromatic carbocycles. The van der Waals surface area contributed by atoms with Crippen molar-refractivity contribution in [3.05, 3.63) is 0 Å². The number of rotatable bonds is 2. The van der Waals surface area contributed by atoms with Crippen molar-refractivity contribution < 1.29 is 33.6 Å². The summed E-state index contributed by atoms with van der Waals surface area (Å²) in [6, 6.07) is 0.219. The van der Waals surface area contributed by atoms with E-state index < -0.39 is 11.9 Å². The zero-order valence-electron chi connectivity index (χ0n) is 9.10. The normalized spacial score (nSPS) is 27.4. The molecule has 2 aliphatic heterocycles. The molecule has 78 valence electrons. The van der Waals surface area contributed by atoms with Gasteiger partial charge in [-0.05, 0) is 7.05 Å². The molecular formula is C9H13LiN2O3. The summed E-state index contributed by atoms with van der Waals surface area (Å²) in [5.74, 6) is -1.75. The Morgan fingerprint density at radius 2 is 2.00 bits per heavy atom. The van der Waals surface area contributed by atoms with Crippen LogP contribution >= 0.6 is 0 Å². The van der Waals surface area contributed by atoms with Crippen LogP contribution in [0.2, 0.25) is 0 Å². The SMILES string of the molecule is CN1CC(N2CC(C(=O)[O-])CC2=O)C1.[Li+]. The maximum atomic E-state index is 11.4. The van der Waals surface area contributed by atoms with E-state index in [0.29, 0.717) is 6.54 Å². The van der Waals surface area contributed by atoms with Crippen molar-refractivity contribution in [2.45, 2.75) is 12.5 Å². The van der Waals surface area contributed by atoms with Crippen LogP contribution in [0.3, 0.4) is 0 Å². The van der Waals surface area contributed by atoms with Crippen molar-refractivity contribution >= 4 is 11.9 Å². The topological polar surface area (TPSA) is 63.7 Å². The Kier molecular flexibility index (Phi) is 3.82. The zero-order chi connectivity index (χ0) is 10.3. The molecular weight excluding hydrogens is 191 g/mol. The molecule has 6 heteroatoms. The third-order valence-corrected chi connectivity index (χ3v) is 2.98. The van der Waals surface area contributed by atoms with Crippen LogP contribution in [0, 0.1) is 5.92 Å². The fourth-order valence-electron chi connectivity index (χ4n) is 2.11. The molecule has 2 fully saturated rings.